The molecule has 0 rings (SSSR count). The maximum atomic E-state index is 11.6. The van der Waals surface area contributed by atoms with Crippen LogP contribution >= 0.6 is 22.8 Å². The molecule has 0 heterocycles. The van der Waals surface area contributed by atoms with Crippen LogP contribution < -0.4 is 0 Å². The van der Waals surface area contributed by atoms with Gasteiger partial charge in [-0.15, -0.1) is 0 Å². The second-order valence-corrected chi connectivity index (χ2v) is 14.6. The molecule has 224 valence electrons. The van der Waals surface area contributed by atoms with Gasteiger partial charge in [-0.25, -0.2) is 0 Å². The number of aliphatic hydroxyl groups is 2. The van der Waals surface area contributed by atoms with Crippen molar-refractivity contribution in [1.29, 1.82) is 0 Å². The molecule has 0 bridgehead atoms. The molecule has 0 spiro atoms. The number of nitrogens with zero attached hydrogens (tertiary/aromatic N) is 3. The third kappa shape index (κ3) is 11.8. The van der Waals surface area contributed by atoms with E-state index in [0.717, 1.165) is 16.7 Å². The zero-order valence-electron chi connectivity index (χ0n) is 19.9. The average Bonchev–Trinajstić information content (AvgIpc) is 2.65. The van der Waals surface area contributed by atoms with Gasteiger partial charge in [-0.05, 0) is 6.92 Å². The number of carbonyl (C=O) groups is 3. The maximum Gasteiger partial charge on any atom is 0.370 e. The van der Waals surface area contributed by atoms with Crippen molar-refractivity contribution in [3.05, 3.63) is 0 Å². The molecular weight excluding hydrogens is 587 g/mol. The first kappa shape index (κ1) is 36.7. The summed E-state index contributed by atoms with van der Waals surface area (Å²) in [5.74, 6) is -4.54. The zero-order valence-corrected chi connectivity index (χ0v) is 22.6. The van der Waals surface area contributed by atoms with Crippen molar-refractivity contribution in [2.24, 2.45) is 0 Å². The summed E-state index contributed by atoms with van der Waals surface area (Å²) in [7, 11) is -17.0. The van der Waals surface area contributed by atoms with Gasteiger partial charge in [0.2, 0.25) is 0 Å². The van der Waals surface area contributed by atoms with E-state index < -0.39 is 103 Å². The first-order valence-electron chi connectivity index (χ1n) is 10.3. The van der Waals surface area contributed by atoms with Crippen LogP contribution in [0.25, 0.3) is 0 Å². The molecular formula is C15H32N3O17P3. The summed E-state index contributed by atoms with van der Waals surface area (Å²) < 4.78 is 34.7. The predicted molar refractivity (Wildman–Crippen MR) is 124 cm³/mol. The second-order valence-electron chi connectivity index (χ2n) is 8.50. The highest BCUT2D eigenvalue weighted by molar-refractivity contribution is 7.72. The molecule has 1 atom stereocenters. The zero-order chi connectivity index (χ0) is 30.3. The van der Waals surface area contributed by atoms with Crippen LogP contribution in [0.4, 0.5) is 0 Å². The summed E-state index contributed by atoms with van der Waals surface area (Å²) in [5.41, 5.74) is 0. The van der Waals surface area contributed by atoms with Gasteiger partial charge in [-0.2, -0.15) is 0 Å². The normalized spacial score (nSPS) is 15.2. The summed E-state index contributed by atoms with van der Waals surface area (Å²) in [6.45, 7) is -6.20. The number of aliphatic carboxylic acids is 3. The van der Waals surface area contributed by atoms with E-state index in [-0.39, 0.29) is 6.54 Å². The number of carboxylic acids is 3. The van der Waals surface area contributed by atoms with Gasteiger partial charge in [0.1, 0.15) is 0 Å². The maximum absolute atomic E-state index is 11.6. The fraction of sp³-hybridized carbons (Fsp3) is 0.800. The van der Waals surface area contributed by atoms with Crippen molar-refractivity contribution in [2.75, 3.05) is 58.9 Å². The summed E-state index contributed by atoms with van der Waals surface area (Å²) in [4.78, 5) is 91.7. The Morgan fingerprint density at radius 1 is 0.579 bits per heavy atom. The van der Waals surface area contributed by atoms with Crippen LogP contribution in [0.2, 0.25) is 0 Å². The van der Waals surface area contributed by atoms with Crippen molar-refractivity contribution in [1.82, 2.24) is 14.7 Å². The Labute approximate surface area is 215 Å². The first-order chi connectivity index (χ1) is 16.8. The van der Waals surface area contributed by atoms with Gasteiger partial charge >= 0.3 is 40.7 Å². The highest BCUT2D eigenvalue weighted by Gasteiger charge is 2.60. The van der Waals surface area contributed by atoms with E-state index in [2.05, 4.69) is 0 Å². The van der Waals surface area contributed by atoms with E-state index in [1.807, 2.05) is 0 Å². The van der Waals surface area contributed by atoms with Crippen molar-refractivity contribution in [3.8, 4) is 0 Å². The number of carboxylic acid groups (broad SMARTS) is 3. The average molecular weight is 619 g/mol. The second kappa shape index (κ2) is 13.8. The minimum Gasteiger partial charge on any atom is -0.480 e. The minimum absolute atomic E-state index is 0.362. The number of hydrogen-bond acceptors (Lipinski definition) is 11. The van der Waals surface area contributed by atoms with Gasteiger partial charge in [0, 0.05) is 32.7 Å². The third-order valence-corrected chi connectivity index (χ3v) is 10.2. The summed E-state index contributed by atoms with van der Waals surface area (Å²) >= 11 is 0. The first-order valence-corrected chi connectivity index (χ1v) is 15.1. The molecule has 1 unspecified atom stereocenters. The Bertz CT molecular complexity index is 966. The molecule has 23 heteroatoms. The Morgan fingerprint density at radius 3 is 1.16 bits per heavy atom. The minimum atomic E-state index is -5.95. The molecule has 0 amide bonds. The van der Waals surface area contributed by atoms with Crippen LogP contribution in [0.3, 0.4) is 0 Å². The lowest BCUT2D eigenvalue weighted by atomic mass is 10.3. The van der Waals surface area contributed by atoms with Crippen LogP contribution in [-0.4, -0.2) is 157 Å². The van der Waals surface area contributed by atoms with Gasteiger partial charge in [-0.3, -0.25) is 42.8 Å². The van der Waals surface area contributed by atoms with E-state index >= 15 is 0 Å². The monoisotopic (exact) mass is 619 g/mol. The van der Waals surface area contributed by atoms with Gasteiger partial charge in [0.15, 0.2) is 5.34 Å². The van der Waals surface area contributed by atoms with Crippen LogP contribution in [0.1, 0.15) is 6.92 Å². The molecule has 0 fully saturated rings. The van der Waals surface area contributed by atoms with Crippen molar-refractivity contribution in [3.63, 3.8) is 0 Å². The topological polar surface area (TPSA) is 335 Å². The molecule has 0 aromatic carbocycles. The molecule has 0 aromatic heterocycles. The third-order valence-electron chi connectivity index (χ3n) is 5.06. The Kier molecular flexibility index (Phi) is 13.3. The van der Waals surface area contributed by atoms with Crippen LogP contribution in [0, 0.1) is 0 Å². The molecule has 20 nitrogen and oxygen atoms in total. The molecule has 0 aromatic rings. The van der Waals surface area contributed by atoms with Crippen molar-refractivity contribution < 1.29 is 83.0 Å². The molecule has 0 aliphatic heterocycles. The van der Waals surface area contributed by atoms with E-state index in [4.69, 9.17) is 15.3 Å². The molecule has 38 heavy (non-hydrogen) atoms. The van der Waals surface area contributed by atoms with Crippen LogP contribution in [-0.2, 0) is 28.1 Å². The van der Waals surface area contributed by atoms with E-state index in [0.29, 0.717) is 4.90 Å². The smallest absolute Gasteiger partial charge is 0.370 e. The fourth-order valence-electron chi connectivity index (χ4n) is 3.01. The van der Waals surface area contributed by atoms with Gasteiger partial charge in [-0.1, -0.05) is 0 Å². The highest BCUT2D eigenvalue weighted by atomic mass is 31.2. The molecule has 0 radical (unpaired) electrons. The van der Waals surface area contributed by atoms with E-state index in [1.165, 1.54) is 0 Å². The standard InChI is InChI=1S/C15H32N3O17P3/c1-14(25,36(27,28)29)9-17(7-12(21)22)4-2-16(6-11(19)20)3-5-18(8-13(23)24)10-15(26,37(30,31)32)38(33,34)35/h25-26H,2-10H2,1H3,(H,19,20)(H,21,22)(H,23,24)(H2,27,28,29)(H2,30,31,32)(H2,33,34,35). The molecule has 0 aliphatic carbocycles. The number of hydrogen-bond donors (Lipinski definition) is 11. The lowest BCUT2D eigenvalue weighted by Gasteiger charge is -2.35. The Hall–Kier alpha value is -1.34. The lowest BCUT2D eigenvalue weighted by molar-refractivity contribution is -0.140. The number of rotatable bonds is 19. The van der Waals surface area contributed by atoms with E-state index in [9.17, 15) is 67.7 Å². The fourth-order valence-corrected chi connectivity index (χ4v) is 5.52. The SMILES string of the molecule is CC(O)(CN(CCN(CCN(CC(=O)O)CC(O)(P(=O)(O)O)P(=O)(O)O)CC(=O)O)CC(=O)O)P(=O)(O)O. The van der Waals surface area contributed by atoms with Gasteiger partial charge in [0.25, 0.3) is 5.08 Å². The highest BCUT2D eigenvalue weighted by Crippen LogP contribution is 2.67. The largest absolute Gasteiger partial charge is 0.480 e. The molecule has 0 aliphatic rings. The summed E-state index contributed by atoms with van der Waals surface area (Å²) in [6, 6.07) is 0. The quantitative estimate of drug-likeness (QED) is 0.0614. The molecule has 0 saturated carbocycles. The summed E-state index contributed by atoms with van der Waals surface area (Å²) in [6.07, 6.45) is 0. The molecule has 11 N–H and O–H groups in total. The van der Waals surface area contributed by atoms with E-state index in [1.54, 1.807) is 0 Å². The Morgan fingerprint density at radius 2 is 0.868 bits per heavy atom. The van der Waals surface area contributed by atoms with Crippen LogP contribution in [0.15, 0.2) is 0 Å². The van der Waals surface area contributed by atoms with Crippen molar-refractivity contribution in [2.45, 2.75) is 17.3 Å². The lowest BCUT2D eigenvalue weighted by Crippen LogP contribution is -2.49. The molecule has 0 saturated heterocycles. The van der Waals surface area contributed by atoms with Crippen molar-refractivity contribution >= 4 is 40.7 Å². The van der Waals surface area contributed by atoms with Crippen LogP contribution in [0.5, 0.6) is 0 Å². The van der Waals surface area contributed by atoms with Gasteiger partial charge < -0.3 is 54.9 Å². The Balaban J connectivity index is 5.81. The summed E-state index contributed by atoms with van der Waals surface area (Å²) in [5, 5.41) is 40.7. The predicted octanol–water partition coefficient (Wildman–Crippen LogP) is -3.97. The van der Waals surface area contributed by atoms with Gasteiger partial charge in [0.05, 0.1) is 26.2 Å².